The van der Waals surface area contributed by atoms with Crippen LogP contribution in [0.3, 0.4) is 0 Å². The summed E-state index contributed by atoms with van der Waals surface area (Å²) in [6.07, 6.45) is 3.02. The molecule has 0 N–H and O–H groups in total. The Morgan fingerprint density at radius 3 is 2.76 bits per heavy atom. The number of sulfonamides is 1. The zero-order valence-electron chi connectivity index (χ0n) is 14.6. The van der Waals surface area contributed by atoms with Gasteiger partial charge in [0, 0.05) is 19.2 Å². The molecule has 1 aromatic carbocycles. The lowest BCUT2D eigenvalue weighted by Crippen LogP contribution is -2.42. The zero-order chi connectivity index (χ0) is 17.9. The van der Waals surface area contributed by atoms with E-state index in [2.05, 4.69) is 4.98 Å². The molecule has 1 aromatic heterocycles. The number of hydrogen-bond donors (Lipinski definition) is 0. The molecule has 1 saturated heterocycles. The van der Waals surface area contributed by atoms with Crippen LogP contribution in [0.4, 0.5) is 0 Å². The Kier molecular flexibility index (Phi) is 5.81. The highest BCUT2D eigenvalue weighted by Gasteiger charge is 2.28. The number of unbranched alkanes of at least 4 members (excludes halogenated alkanes) is 1. The first-order chi connectivity index (χ1) is 12.0. The summed E-state index contributed by atoms with van der Waals surface area (Å²) in [5.41, 5.74) is 0.860. The highest BCUT2D eigenvalue weighted by Crippen LogP contribution is 2.32. The second kappa shape index (κ2) is 7.88. The maximum absolute atomic E-state index is 12.3. The van der Waals surface area contributed by atoms with Gasteiger partial charge in [-0.25, -0.2) is 17.7 Å². The minimum Gasteiger partial charge on any atom is -0.497 e. The van der Waals surface area contributed by atoms with Gasteiger partial charge in [0.2, 0.25) is 10.0 Å². The molecule has 8 heteroatoms. The van der Waals surface area contributed by atoms with E-state index in [4.69, 9.17) is 9.47 Å². The smallest absolute Gasteiger partial charge is 0.274 e. The molecule has 0 amide bonds. The third kappa shape index (κ3) is 4.43. The molecule has 0 radical (unpaired) electrons. The molecular formula is C17H24N2O4S2. The molecule has 1 aliphatic rings. The summed E-state index contributed by atoms with van der Waals surface area (Å²) in [7, 11) is -1.49. The van der Waals surface area contributed by atoms with Crippen LogP contribution in [0.25, 0.3) is 10.2 Å². The molecule has 1 fully saturated rings. The van der Waals surface area contributed by atoms with Crippen molar-refractivity contribution in [3.05, 3.63) is 18.2 Å². The Bertz CT molecular complexity index is 811. The van der Waals surface area contributed by atoms with Gasteiger partial charge in [-0.2, -0.15) is 0 Å². The van der Waals surface area contributed by atoms with Gasteiger partial charge < -0.3 is 9.47 Å². The van der Waals surface area contributed by atoms with E-state index in [1.165, 1.54) is 11.3 Å². The Hall–Kier alpha value is -1.38. The van der Waals surface area contributed by atoms with Crippen LogP contribution in [-0.4, -0.2) is 49.8 Å². The maximum atomic E-state index is 12.3. The predicted molar refractivity (Wildman–Crippen MR) is 100 cm³/mol. The number of aromatic nitrogens is 1. The molecular weight excluding hydrogens is 360 g/mol. The van der Waals surface area contributed by atoms with Crippen LogP contribution < -0.4 is 9.47 Å². The van der Waals surface area contributed by atoms with E-state index in [0.29, 0.717) is 37.5 Å². The minimum atomic E-state index is -3.12. The van der Waals surface area contributed by atoms with Crippen LogP contribution in [0, 0.1) is 0 Å². The largest absolute Gasteiger partial charge is 0.497 e. The topological polar surface area (TPSA) is 68.7 Å². The van der Waals surface area contributed by atoms with Gasteiger partial charge in [0.25, 0.3) is 5.19 Å². The molecule has 1 aliphatic heterocycles. The molecule has 6 nitrogen and oxygen atoms in total. The van der Waals surface area contributed by atoms with Crippen molar-refractivity contribution in [1.29, 1.82) is 0 Å². The van der Waals surface area contributed by atoms with E-state index in [1.807, 2.05) is 25.1 Å². The van der Waals surface area contributed by atoms with Crippen molar-refractivity contribution in [3.63, 3.8) is 0 Å². The molecule has 0 unspecified atom stereocenters. The van der Waals surface area contributed by atoms with Crippen molar-refractivity contribution in [2.75, 3.05) is 26.0 Å². The summed E-state index contributed by atoms with van der Waals surface area (Å²) in [4.78, 5) is 4.51. The summed E-state index contributed by atoms with van der Waals surface area (Å²) in [5.74, 6) is 1.02. The van der Waals surface area contributed by atoms with Crippen molar-refractivity contribution in [1.82, 2.24) is 9.29 Å². The molecule has 0 aliphatic carbocycles. The number of rotatable bonds is 7. The zero-order valence-corrected chi connectivity index (χ0v) is 16.2. The number of nitrogens with zero attached hydrogens (tertiary/aromatic N) is 2. The highest BCUT2D eigenvalue weighted by molar-refractivity contribution is 7.89. The lowest BCUT2D eigenvalue weighted by atomic mass is 10.1. The first kappa shape index (κ1) is 18.4. The number of hydrogen-bond acceptors (Lipinski definition) is 6. The number of piperidine rings is 1. The minimum absolute atomic E-state index is 0.0140. The second-order valence-electron chi connectivity index (χ2n) is 6.20. The van der Waals surface area contributed by atoms with Gasteiger partial charge in [-0.1, -0.05) is 24.7 Å². The van der Waals surface area contributed by atoms with Crippen LogP contribution in [0.15, 0.2) is 18.2 Å². The Morgan fingerprint density at radius 1 is 1.32 bits per heavy atom. The number of benzene rings is 1. The monoisotopic (exact) mass is 384 g/mol. The molecule has 0 spiro atoms. The number of ether oxygens (including phenoxy) is 2. The molecule has 0 atom stereocenters. The fraction of sp³-hybridized carbons (Fsp3) is 0.588. The van der Waals surface area contributed by atoms with Crippen molar-refractivity contribution >= 4 is 31.6 Å². The Balaban J connectivity index is 1.59. The number of thiazole rings is 1. The van der Waals surface area contributed by atoms with Crippen molar-refractivity contribution in [2.45, 2.75) is 38.7 Å². The highest BCUT2D eigenvalue weighted by atomic mass is 32.2. The maximum Gasteiger partial charge on any atom is 0.274 e. The van der Waals surface area contributed by atoms with E-state index in [9.17, 15) is 8.42 Å². The Morgan fingerprint density at radius 2 is 2.08 bits per heavy atom. The molecule has 2 aromatic rings. The summed E-state index contributed by atoms with van der Waals surface area (Å²) in [6.45, 7) is 3.05. The lowest BCUT2D eigenvalue weighted by molar-refractivity contribution is 0.135. The van der Waals surface area contributed by atoms with Crippen molar-refractivity contribution < 1.29 is 17.9 Å². The van der Waals surface area contributed by atoms with E-state index in [1.54, 1.807) is 11.4 Å². The molecule has 138 valence electrons. The van der Waals surface area contributed by atoms with E-state index in [0.717, 1.165) is 22.4 Å². The van der Waals surface area contributed by atoms with Gasteiger partial charge in [0.05, 0.1) is 23.1 Å². The van der Waals surface area contributed by atoms with E-state index >= 15 is 0 Å². The van der Waals surface area contributed by atoms with Crippen LogP contribution in [0.1, 0.15) is 32.6 Å². The first-order valence-electron chi connectivity index (χ1n) is 8.61. The molecule has 2 heterocycles. The second-order valence-corrected chi connectivity index (χ2v) is 9.28. The molecule has 3 rings (SSSR count). The SMILES string of the molecule is CCCCS(=O)(=O)N1CCC(Oc2nc3cc(OC)ccc3s2)CC1. The third-order valence-corrected chi connectivity index (χ3v) is 7.28. The molecule has 25 heavy (non-hydrogen) atoms. The predicted octanol–water partition coefficient (Wildman–Crippen LogP) is 3.28. The Labute approximate surface area is 152 Å². The van der Waals surface area contributed by atoms with Gasteiger partial charge in [0.15, 0.2) is 0 Å². The fourth-order valence-electron chi connectivity index (χ4n) is 2.89. The summed E-state index contributed by atoms with van der Waals surface area (Å²) in [6, 6.07) is 5.77. The van der Waals surface area contributed by atoms with Crippen LogP contribution in [-0.2, 0) is 10.0 Å². The molecule has 0 saturated carbocycles. The number of methoxy groups -OCH3 is 1. The molecule has 0 bridgehead atoms. The van der Waals surface area contributed by atoms with E-state index in [-0.39, 0.29) is 11.9 Å². The fourth-order valence-corrected chi connectivity index (χ4v) is 5.43. The summed E-state index contributed by atoms with van der Waals surface area (Å²) >= 11 is 1.51. The van der Waals surface area contributed by atoms with Gasteiger partial charge in [-0.05, 0) is 31.4 Å². The van der Waals surface area contributed by atoms with Gasteiger partial charge in [-0.15, -0.1) is 0 Å². The third-order valence-electron chi connectivity index (χ3n) is 4.39. The average molecular weight is 385 g/mol. The van der Waals surface area contributed by atoms with Crippen LogP contribution in [0.2, 0.25) is 0 Å². The van der Waals surface area contributed by atoms with Crippen LogP contribution in [0.5, 0.6) is 10.9 Å². The van der Waals surface area contributed by atoms with E-state index < -0.39 is 10.0 Å². The summed E-state index contributed by atoms with van der Waals surface area (Å²) < 4.78 is 38.4. The lowest BCUT2D eigenvalue weighted by Gasteiger charge is -2.30. The van der Waals surface area contributed by atoms with Crippen molar-refractivity contribution in [3.8, 4) is 10.9 Å². The standard InChI is InChI=1S/C17H24N2O4S2/c1-3-4-11-25(20,21)19-9-7-13(8-10-19)23-17-18-15-12-14(22-2)5-6-16(15)24-17/h5-6,12-13H,3-4,7-11H2,1-2H3. The van der Waals surface area contributed by atoms with Gasteiger partial charge in [0.1, 0.15) is 11.9 Å². The average Bonchev–Trinajstić information content (AvgIpc) is 3.01. The van der Waals surface area contributed by atoms with Crippen LogP contribution >= 0.6 is 11.3 Å². The van der Waals surface area contributed by atoms with Gasteiger partial charge >= 0.3 is 0 Å². The van der Waals surface area contributed by atoms with Crippen molar-refractivity contribution in [2.24, 2.45) is 0 Å². The summed E-state index contributed by atoms with van der Waals surface area (Å²) in [5, 5.41) is 0.635. The van der Waals surface area contributed by atoms with Gasteiger partial charge in [-0.3, -0.25) is 0 Å². The normalized spacial score (nSPS) is 17.0. The first-order valence-corrected chi connectivity index (χ1v) is 11.0. The number of fused-ring (bicyclic) bond motifs is 1. The quantitative estimate of drug-likeness (QED) is 0.733.